The molecule has 1 N–H and O–H groups in total. The summed E-state index contributed by atoms with van der Waals surface area (Å²) in [5, 5.41) is 2.67. The van der Waals surface area contributed by atoms with Crippen molar-refractivity contribution in [2.24, 2.45) is 0 Å². The van der Waals surface area contributed by atoms with Gasteiger partial charge in [-0.1, -0.05) is 6.07 Å². The van der Waals surface area contributed by atoms with Crippen molar-refractivity contribution < 1.29 is 9.53 Å². The summed E-state index contributed by atoms with van der Waals surface area (Å²) in [7, 11) is 0. The summed E-state index contributed by atoms with van der Waals surface area (Å²) >= 11 is 0. The molecular weight excluding hydrogens is 280 g/mol. The topological polar surface area (TPSA) is 77.0 Å². The minimum Gasteiger partial charge on any atom is -0.456 e. The van der Waals surface area contributed by atoms with Crippen molar-refractivity contribution in [1.82, 2.24) is 15.0 Å². The molecule has 108 valence electrons. The molecule has 3 aromatic rings. The first-order valence-electron chi connectivity index (χ1n) is 6.57. The smallest absolute Gasteiger partial charge is 0.275 e. The Morgan fingerprint density at radius 1 is 0.955 bits per heavy atom. The first-order valence-corrected chi connectivity index (χ1v) is 6.57. The lowest BCUT2D eigenvalue weighted by Crippen LogP contribution is -2.14. The Bertz CT molecular complexity index is 763. The van der Waals surface area contributed by atoms with Crippen molar-refractivity contribution in [2.75, 3.05) is 5.32 Å². The van der Waals surface area contributed by atoms with Gasteiger partial charge in [0.2, 0.25) is 0 Å². The maximum atomic E-state index is 12.1. The highest BCUT2D eigenvalue weighted by Gasteiger charge is 2.09. The fraction of sp³-hybridized carbons (Fsp3) is 0. The number of carbonyl (C=O) groups excluding carboxylic acids is 1. The number of amides is 1. The third-order valence-corrected chi connectivity index (χ3v) is 2.74. The molecule has 0 saturated carbocycles. The van der Waals surface area contributed by atoms with E-state index < -0.39 is 0 Å². The molecule has 1 amide bonds. The predicted molar refractivity (Wildman–Crippen MR) is 80.7 cm³/mol. The van der Waals surface area contributed by atoms with E-state index in [-0.39, 0.29) is 11.6 Å². The quantitative estimate of drug-likeness (QED) is 0.800. The number of hydrogen-bond acceptors (Lipinski definition) is 5. The van der Waals surface area contributed by atoms with Crippen molar-refractivity contribution in [2.45, 2.75) is 0 Å². The Morgan fingerprint density at radius 3 is 2.68 bits per heavy atom. The van der Waals surface area contributed by atoms with E-state index in [1.807, 2.05) is 0 Å². The van der Waals surface area contributed by atoms with Gasteiger partial charge in [0, 0.05) is 24.7 Å². The molecule has 6 nitrogen and oxygen atoms in total. The van der Waals surface area contributed by atoms with Crippen LogP contribution in [0.15, 0.2) is 67.3 Å². The van der Waals surface area contributed by atoms with Crippen LogP contribution in [0.25, 0.3) is 0 Å². The van der Waals surface area contributed by atoms with Crippen molar-refractivity contribution >= 4 is 11.7 Å². The average molecular weight is 292 g/mol. The fourth-order valence-electron chi connectivity index (χ4n) is 1.76. The highest BCUT2D eigenvalue weighted by Crippen LogP contribution is 2.20. The highest BCUT2D eigenvalue weighted by atomic mass is 16.5. The van der Waals surface area contributed by atoms with Crippen LogP contribution in [0, 0.1) is 0 Å². The Hall–Kier alpha value is -3.28. The maximum Gasteiger partial charge on any atom is 0.275 e. The number of ether oxygens (including phenoxy) is 1. The molecule has 0 aliphatic heterocycles. The molecular formula is C16H12N4O2. The SMILES string of the molecule is O=C(Nc1ccccn1)c1cc(Oc2cccnc2)ccn1. The number of nitrogens with one attached hydrogen (secondary N) is 1. The second kappa shape index (κ2) is 6.45. The van der Waals surface area contributed by atoms with E-state index in [2.05, 4.69) is 20.3 Å². The monoisotopic (exact) mass is 292 g/mol. The average Bonchev–Trinajstić information content (AvgIpc) is 2.57. The minimum atomic E-state index is -0.352. The van der Waals surface area contributed by atoms with E-state index in [4.69, 9.17) is 4.74 Å². The molecule has 0 aliphatic rings. The molecule has 0 fully saturated rings. The summed E-state index contributed by atoms with van der Waals surface area (Å²) in [5.41, 5.74) is 0.243. The normalized spacial score (nSPS) is 10.0. The van der Waals surface area contributed by atoms with Gasteiger partial charge in [-0.2, -0.15) is 0 Å². The van der Waals surface area contributed by atoms with Crippen molar-refractivity contribution in [1.29, 1.82) is 0 Å². The minimum absolute atomic E-state index is 0.243. The van der Waals surface area contributed by atoms with Crippen LogP contribution in [-0.2, 0) is 0 Å². The molecule has 0 unspecified atom stereocenters. The summed E-state index contributed by atoms with van der Waals surface area (Å²) in [6.07, 6.45) is 6.36. The number of nitrogens with zero attached hydrogens (tertiary/aromatic N) is 3. The summed E-state index contributed by atoms with van der Waals surface area (Å²) in [5.74, 6) is 1.21. The number of aromatic nitrogens is 3. The second-order valence-electron chi connectivity index (χ2n) is 4.34. The molecule has 0 aromatic carbocycles. The molecule has 3 heterocycles. The standard InChI is InChI=1S/C16H12N4O2/c21-16(20-15-5-1-2-8-19-15)14-10-12(6-9-18-14)22-13-4-3-7-17-11-13/h1-11H,(H,19,20,21). The van der Waals surface area contributed by atoms with Crippen LogP contribution < -0.4 is 10.1 Å². The molecule has 6 heteroatoms. The van der Waals surface area contributed by atoms with E-state index in [1.54, 1.807) is 61.1 Å². The molecule has 0 radical (unpaired) electrons. The predicted octanol–water partition coefficient (Wildman–Crippen LogP) is 2.92. The van der Waals surface area contributed by atoms with Gasteiger partial charge in [0.25, 0.3) is 5.91 Å². The molecule has 3 aromatic heterocycles. The van der Waals surface area contributed by atoms with E-state index >= 15 is 0 Å². The van der Waals surface area contributed by atoms with Crippen LogP contribution in [0.3, 0.4) is 0 Å². The molecule has 0 bridgehead atoms. The zero-order valence-electron chi connectivity index (χ0n) is 11.5. The summed E-state index contributed by atoms with van der Waals surface area (Å²) in [6, 6.07) is 12.0. The largest absolute Gasteiger partial charge is 0.456 e. The zero-order chi connectivity index (χ0) is 15.2. The van der Waals surface area contributed by atoms with E-state index in [9.17, 15) is 4.79 Å². The van der Waals surface area contributed by atoms with Crippen LogP contribution in [0.5, 0.6) is 11.5 Å². The van der Waals surface area contributed by atoms with Gasteiger partial charge >= 0.3 is 0 Å². The third-order valence-electron chi connectivity index (χ3n) is 2.74. The van der Waals surface area contributed by atoms with Gasteiger partial charge in [0.1, 0.15) is 23.0 Å². The Balaban J connectivity index is 1.75. The van der Waals surface area contributed by atoms with Crippen LogP contribution in [-0.4, -0.2) is 20.9 Å². The summed E-state index contributed by atoms with van der Waals surface area (Å²) in [4.78, 5) is 24.2. The zero-order valence-corrected chi connectivity index (χ0v) is 11.5. The van der Waals surface area contributed by atoms with Gasteiger partial charge in [0.15, 0.2) is 0 Å². The molecule has 3 rings (SSSR count). The van der Waals surface area contributed by atoms with Crippen LogP contribution >= 0.6 is 0 Å². The van der Waals surface area contributed by atoms with Gasteiger partial charge in [-0.15, -0.1) is 0 Å². The lowest BCUT2D eigenvalue weighted by atomic mass is 10.3. The van der Waals surface area contributed by atoms with Crippen molar-refractivity contribution in [3.8, 4) is 11.5 Å². The molecule has 0 saturated heterocycles. The van der Waals surface area contributed by atoms with E-state index in [0.29, 0.717) is 17.3 Å². The Labute approximate surface area is 126 Å². The lowest BCUT2D eigenvalue weighted by molar-refractivity contribution is 0.102. The lowest BCUT2D eigenvalue weighted by Gasteiger charge is -2.07. The number of hydrogen-bond donors (Lipinski definition) is 1. The molecule has 0 spiro atoms. The van der Waals surface area contributed by atoms with Gasteiger partial charge in [0.05, 0.1) is 6.20 Å². The first-order chi connectivity index (χ1) is 10.8. The van der Waals surface area contributed by atoms with Crippen LogP contribution in [0.4, 0.5) is 5.82 Å². The molecule has 22 heavy (non-hydrogen) atoms. The number of anilines is 1. The fourth-order valence-corrected chi connectivity index (χ4v) is 1.76. The number of carbonyl (C=O) groups is 1. The Kier molecular flexibility index (Phi) is 4.01. The van der Waals surface area contributed by atoms with Crippen LogP contribution in [0.1, 0.15) is 10.5 Å². The van der Waals surface area contributed by atoms with Crippen molar-refractivity contribution in [3.63, 3.8) is 0 Å². The van der Waals surface area contributed by atoms with Gasteiger partial charge in [-0.05, 0) is 30.3 Å². The van der Waals surface area contributed by atoms with Gasteiger partial charge in [-0.3, -0.25) is 14.8 Å². The number of rotatable bonds is 4. The Morgan fingerprint density at radius 2 is 1.91 bits per heavy atom. The summed E-state index contributed by atoms with van der Waals surface area (Å²) in [6.45, 7) is 0. The summed E-state index contributed by atoms with van der Waals surface area (Å²) < 4.78 is 5.62. The number of pyridine rings is 3. The third kappa shape index (κ3) is 3.43. The second-order valence-corrected chi connectivity index (χ2v) is 4.34. The maximum absolute atomic E-state index is 12.1. The van der Waals surface area contributed by atoms with E-state index in [0.717, 1.165) is 0 Å². The first kappa shape index (κ1) is 13.7. The van der Waals surface area contributed by atoms with Gasteiger partial charge in [-0.25, -0.2) is 4.98 Å². The van der Waals surface area contributed by atoms with Gasteiger partial charge < -0.3 is 10.1 Å². The highest BCUT2D eigenvalue weighted by molar-refractivity contribution is 6.02. The van der Waals surface area contributed by atoms with Crippen LogP contribution in [0.2, 0.25) is 0 Å². The van der Waals surface area contributed by atoms with E-state index in [1.165, 1.54) is 6.20 Å². The molecule has 0 aliphatic carbocycles. The van der Waals surface area contributed by atoms with Crippen molar-refractivity contribution in [3.05, 3.63) is 72.9 Å². The molecule has 0 atom stereocenters.